The summed E-state index contributed by atoms with van der Waals surface area (Å²) in [6.45, 7) is -1.78. The maximum atomic E-state index is 13.5. The van der Waals surface area contributed by atoms with Crippen molar-refractivity contribution >= 4 is 22.2 Å². The van der Waals surface area contributed by atoms with Crippen molar-refractivity contribution in [2.24, 2.45) is 0 Å². The summed E-state index contributed by atoms with van der Waals surface area (Å²) in [5, 5.41) is 11.6. The van der Waals surface area contributed by atoms with E-state index >= 15 is 0 Å². The van der Waals surface area contributed by atoms with Crippen LogP contribution in [0.5, 0.6) is 0 Å². The minimum atomic E-state index is -4.88. The van der Waals surface area contributed by atoms with E-state index in [4.69, 9.17) is 0 Å². The maximum absolute atomic E-state index is 13.5. The predicted molar refractivity (Wildman–Crippen MR) is 113 cm³/mol. The molecule has 3 aromatic heterocycles. The van der Waals surface area contributed by atoms with Gasteiger partial charge in [-0.2, -0.15) is 39.5 Å². The van der Waals surface area contributed by atoms with Crippen LogP contribution >= 0.6 is 11.3 Å². The van der Waals surface area contributed by atoms with E-state index in [0.717, 1.165) is 4.90 Å². The normalized spacial score (nSPS) is 17.1. The zero-order chi connectivity index (χ0) is 28.8. The fourth-order valence-electron chi connectivity index (χ4n) is 3.69. The standard InChI is InChI=1S/C19H15F9N8O2S/c20-17(21,22)14-29-3-9(4-30-14)12-13(39-16(32-12)19(26,27)28)34-1-2-36(10(5-34)7-37)11(38)6-35-8-31-15(33-35)18(23,24)25/h3-4,8,10,37H,1-2,5-7H2. The van der Waals surface area contributed by atoms with Gasteiger partial charge in [-0.25, -0.2) is 24.6 Å². The number of anilines is 1. The number of carbonyl (C=O) groups is 1. The lowest BCUT2D eigenvalue weighted by Gasteiger charge is -2.41. The van der Waals surface area contributed by atoms with Crippen LogP contribution in [0.4, 0.5) is 44.5 Å². The molecule has 1 aliphatic rings. The summed E-state index contributed by atoms with van der Waals surface area (Å²) in [5.74, 6) is -3.69. The number of hydrogen-bond acceptors (Lipinski definition) is 9. The predicted octanol–water partition coefficient (Wildman–Crippen LogP) is 2.96. The van der Waals surface area contributed by atoms with E-state index in [1.54, 1.807) is 0 Å². The summed E-state index contributed by atoms with van der Waals surface area (Å²) in [7, 11) is 0. The third-order valence-electron chi connectivity index (χ3n) is 5.42. The summed E-state index contributed by atoms with van der Waals surface area (Å²) in [6, 6.07) is -0.995. The zero-order valence-electron chi connectivity index (χ0n) is 19.1. The first-order valence-corrected chi connectivity index (χ1v) is 11.5. The molecule has 3 aromatic rings. The molecule has 0 spiro atoms. The Kier molecular flexibility index (Phi) is 7.45. The number of hydrogen-bond donors (Lipinski definition) is 1. The highest BCUT2D eigenvalue weighted by atomic mass is 32.1. The van der Waals surface area contributed by atoms with Crippen LogP contribution < -0.4 is 4.90 Å². The lowest BCUT2D eigenvalue weighted by Crippen LogP contribution is -2.57. The second-order valence-corrected chi connectivity index (χ2v) is 9.07. The molecule has 0 radical (unpaired) electrons. The van der Waals surface area contributed by atoms with Crippen molar-refractivity contribution in [2.75, 3.05) is 31.1 Å². The first kappa shape index (κ1) is 28.5. The first-order chi connectivity index (χ1) is 18.1. The number of nitrogens with zero attached hydrogens (tertiary/aromatic N) is 8. The highest BCUT2D eigenvalue weighted by Crippen LogP contribution is 2.43. The summed E-state index contributed by atoms with van der Waals surface area (Å²) < 4.78 is 118. The molecular formula is C19H15F9N8O2S. The van der Waals surface area contributed by atoms with Crippen molar-refractivity contribution in [3.63, 3.8) is 0 Å². The molecule has 1 saturated heterocycles. The van der Waals surface area contributed by atoms with Crippen LogP contribution in [0.25, 0.3) is 11.3 Å². The zero-order valence-corrected chi connectivity index (χ0v) is 19.9. The van der Waals surface area contributed by atoms with E-state index in [1.165, 1.54) is 4.90 Å². The molecule has 4 heterocycles. The average Bonchev–Trinajstić information content (AvgIpc) is 3.51. The molecule has 1 amide bonds. The number of amides is 1. The number of aliphatic hydroxyl groups is 1. The van der Waals surface area contributed by atoms with E-state index < -0.39 is 60.3 Å². The summed E-state index contributed by atoms with van der Waals surface area (Å²) in [5.41, 5.74) is -0.574. The minimum absolute atomic E-state index is 0.0959. The van der Waals surface area contributed by atoms with E-state index in [1.807, 2.05) is 0 Å². The van der Waals surface area contributed by atoms with Crippen LogP contribution in [0.2, 0.25) is 0 Å². The van der Waals surface area contributed by atoms with Crippen molar-refractivity contribution in [3.8, 4) is 11.3 Å². The van der Waals surface area contributed by atoms with Crippen molar-refractivity contribution in [1.29, 1.82) is 0 Å². The molecule has 4 rings (SSSR count). The molecule has 1 unspecified atom stereocenters. The summed E-state index contributed by atoms with van der Waals surface area (Å²) in [6.07, 6.45) is -12.5. The van der Waals surface area contributed by atoms with Gasteiger partial charge in [-0.05, 0) is 0 Å². The van der Waals surface area contributed by atoms with Crippen molar-refractivity contribution in [1.82, 2.24) is 34.6 Å². The number of piperazine rings is 1. The molecule has 0 aliphatic carbocycles. The first-order valence-electron chi connectivity index (χ1n) is 10.7. The highest BCUT2D eigenvalue weighted by molar-refractivity contribution is 7.16. The molecule has 1 atom stereocenters. The quantitative estimate of drug-likeness (QED) is 0.452. The monoisotopic (exact) mass is 590 g/mol. The van der Waals surface area contributed by atoms with Crippen LogP contribution in [0.3, 0.4) is 0 Å². The van der Waals surface area contributed by atoms with Gasteiger partial charge in [-0.1, -0.05) is 11.3 Å². The van der Waals surface area contributed by atoms with Crippen molar-refractivity contribution in [2.45, 2.75) is 31.1 Å². The molecular weight excluding hydrogens is 575 g/mol. The molecule has 1 N–H and O–H groups in total. The third-order valence-corrected chi connectivity index (χ3v) is 6.58. The molecule has 10 nitrogen and oxygen atoms in total. The van der Waals surface area contributed by atoms with Crippen LogP contribution in [-0.2, 0) is 29.9 Å². The van der Waals surface area contributed by atoms with Gasteiger partial charge in [0.15, 0.2) is 0 Å². The van der Waals surface area contributed by atoms with Gasteiger partial charge in [0.1, 0.15) is 23.6 Å². The van der Waals surface area contributed by atoms with E-state index in [9.17, 15) is 49.4 Å². The van der Waals surface area contributed by atoms with E-state index in [-0.39, 0.29) is 47.2 Å². The fraction of sp³-hybridized carbons (Fsp3) is 0.474. The molecule has 212 valence electrons. The molecule has 20 heteroatoms. The Morgan fingerprint density at radius 2 is 1.59 bits per heavy atom. The molecule has 39 heavy (non-hydrogen) atoms. The number of alkyl halides is 9. The Labute approximate surface area is 215 Å². The average molecular weight is 590 g/mol. The number of rotatable bonds is 5. The minimum Gasteiger partial charge on any atom is -0.394 e. The second-order valence-electron chi connectivity index (χ2n) is 8.10. The highest BCUT2D eigenvalue weighted by Gasteiger charge is 2.40. The Morgan fingerprint density at radius 3 is 2.13 bits per heavy atom. The van der Waals surface area contributed by atoms with Crippen molar-refractivity contribution < 1.29 is 49.4 Å². The summed E-state index contributed by atoms with van der Waals surface area (Å²) in [4.78, 5) is 28.2. The van der Waals surface area contributed by atoms with E-state index in [2.05, 4.69) is 25.0 Å². The van der Waals surface area contributed by atoms with Gasteiger partial charge >= 0.3 is 18.5 Å². The van der Waals surface area contributed by atoms with Gasteiger partial charge in [-0.3, -0.25) is 4.79 Å². The van der Waals surface area contributed by atoms with Crippen LogP contribution in [-0.4, -0.2) is 77.9 Å². The van der Waals surface area contributed by atoms with Gasteiger partial charge in [-0.15, -0.1) is 5.10 Å². The van der Waals surface area contributed by atoms with Gasteiger partial charge in [0.25, 0.3) is 5.82 Å². The lowest BCUT2D eigenvalue weighted by atomic mass is 10.1. The van der Waals surface area contributed by atoms with E-state index in [0.29, 0.717) is 23.4 Å². The number of thiazole rings is 1. The van der Waals surface area contributed by atoms with Crippen LogP contribution in [0, 0.1) is 0 Å². The Hall–Kier alpha value is -3.55. The SMILES string of the molecule is O=C(Cn1cnc(C(F)(F)F)n1)N1CCN(c2sc(C(F)(F)F)nc2-c2cnc(C(F)(F)F)nc2)CC1CO. The Balaban J connectivity index is 1.57. The number of aliphatic hydroxyl groups excluding tert-OH is 1. The van der Waals surface area contributed by atoms with Crippen molar-refractivity contribution in [3.05, 3.63) is 35.4 Å². The molecule has 1 aliphatic heterocycles. The Bertz CT molecular complexity index is 1320. The maximum Gasteiger partial charge on any atom is 0.453 e. The number of aromatic nitrogens is 6. The topological polar surface area (TPSA) is 113 Å². The van der Waals surface area contributed by atoms with Gasteiger partial charge < -0.3 is 14.9 Å². The van der Waals surface area contributed by atoms with Crippen LogP contribution in [0.15, 0.2) is 18.7 Å². The van der Waals surface area contributed by atoms with Gasteiger partial charge in [0, 0.05) is 37.6 Å². The molecule has 0 saturated carbocycles. The number of halogens is 9. The second kappa shape index (κ2) is 10.2. The van der Waals surface area contributed by atoms with Crippen LogP contribution in [0.1, 0.15) is 16.7 Å². The largest absolute Gasteiger partial charge is 0.453 e. The number of carbonyl (C=O) groups excluding carboxylic acids is 1. The Morgan fingerprint density at radius 1 is 0.949 bits per heavy atom. The van der Waals surface area contributed by atoms with Gasteiger partial charge in [0.05, 0.1) is 12.6 Å². The summed E-state index contributed by atoms with van der Waals surface area (Å²) >= 11 is 0.205. The fourth-order valence-corrected chi connectivity index (χ4v) is 4.68. The van der Waals surface area contributed by atoms with Gasteiger partial charge in [0.2, 0.25) is 16.7 Å². The molecule has 1 fully saturated rings. The third kappa shape index (κ3) is 6.21. The lowest BCUT2D eigenvalue weighted by molar-refractivity contribution is -0.145. The smallest absolute Gasteiger partial charge is 0.394 e. The molecule has 0 bridgehead atoms. The molecule has 0 aromatic carbocycles.